The number of nitrogen functional groups attached to an aromatic ring is 1. The number of hydrazine groups is 1. The quantitative estimate of drug-likeness (QED) is 0.552. The molecule has 0 fully saturated rings. The molecule has 71 valence electrons. The lowest BCUT2D eigenvalue weighted by Crippen LogP contribution is -2.17. The van der Waals surface area contributed by atoms with E-state index in [1.807, 2.05) is 0 Å². The number of anilines is 1. The Morgan fingerprint density at radius 3 is 2.69 bits per heavy atom. The maximum atomic E-state index is 11.7. The summed E-state index contributed by atoms with van der Waals surface area (Å²) in [6.07, 6.45) is -4.70. The molecule has 0 saturated heterocycles. The van der Waals surface area contributed by atoms with Gasteiger partial charge < -0.3 is 10.2 Å². The van der Waals surface area contributed by atoms with Crippen LogP contribution in [0.4, 0.5) is 18.9 Å². The molecule has 1 aromatic carbocycles. The normalized spacial score (nSPS) is 11.1. The highest BCUT2D eigenvalue weighted by molar-refractivity contribution is 5.46. The van der Waals surface area contributed by atoms with Crippen LogP contribution in [-0.4, -0.2) is 6.36 Å². The standard InChI is InChI=1S/C7H6F3N2O/c8-7(9,10)13-6-3-1-2-5(4-6)12-11/h1-2,4,12H,11H2. The second kappa shape index (κ2) is 3.53. The Labute approximate surface area is 72.3 Å². The molecule has 1 rings (SSSR count). The Hall–Kier alpha value is -1.43. The lowest BCUT2D eigenvalue weighted by Gasteiger charge is -2.08. The van der Waals surface area contributed by atoms with Crippen molar-refractivity contribution in [2.45, 2.75) is 6.36 Å². The number of halogens is 3. The Morgan fingerprint density at radius 2 is 2.15 bits per heavy atom. The van der Waals surface area contributed by atoms with Crippen LogP contribution < -0.4 is 16.0 Å². The van der Waals surface area contributed by atoms with Crippen LogP contribution in [-0.2, 0) is 0 Å². The molecule has 0 aliphatic carbocycles. The number of nitrogens with one attached hydrogen (secondary N) is 1. The fourth-order valence-corrected chi connectivity index (χ4v) is 0.718. The van der Waals surface area contributed by atoms with E-state index in [1.165, 1.54) is 12.1 Å². The molecule has 0 saturated carbocycles. The summed E-state index contributed by atoms with van der Waals surface area (Å²) in [5.74, 6) is 4.55. The first-order valence-electron chi connectivity index (χ1n) is 3.25. The third kappa shape index (κ3) is 3.20. The highest BCUT2D eigenvalue weighted by Crippen LogP contribution is 2.23. The van der Waals surface area contributed by atoms with Crippen LogP contribution in [0, 0.1) is 6.07 Å². The minimum atomic E-state index is -4.70. The van der Waals surface area contributed by atoms with Crippen LogP contribution in [0.5, 0.6) is 5.75 Å². The molecular formula is C7H6F3N2O. The predicted molar refractivity (Wildman–Crippen MR) is 39.8 cm³/mol. The average Bonchev–Trinajstić information content (AvgIpc) is 2.01. The monoisotopic (exact) mass is 191 g/mol. The van der Waals surface area contributed by atoms with Gasteiger partial charge in [-0.05, 0) is 12.1 Å². The largest absolute Gasteiger partial charge is 0.573 e. The Morgan fingerprint density at radius 1 is 1.46 bits per heavy atom. The van der Waals surface area contributed by atoms with Crippen molar-refractivity contribution in [3.63, 3.8) is 0 Å². The molecular weight excluding hydrogens is 185 g/mol. The van der Waals surface area contributed by atoms with Gasteiger partial charge in [-0.2, -0.15) is 0 Å². The SMILES string of the molecule is NNc1cc[c]c(OC(F)(F)F)c1. The Kier molecular flexibility index (Phi) is 2.62. The van der Waals surface area contributed by atoms with Gasteiger partial charge in [-0.1, -0.05) is 0 Å². The molecule has 6 heteroatoms. The average molecular weight is 191 g/mol. The number of ether oxygens (including phenoxy) is 1. The first kappa shape index (κ1) is 9.66. The number of benzene rings is 1. The molecule has 13 heavy (non-hydrogen) atoms. The van der Waals surface area contributed by atoms with E-state index in [0.717, 1.165) is 6.07 Å². The second-order valence-electron chi connectivity index (χ2n) is 2.13. The number of hydrogen-bond donors (Lipinski definition) is 2. The van der Waals surface area contributed by atoms with Crippen LogP contribution in [0.15, 0.2) is 18.2 Å². The van der Waals surface area contributed by atoms with Gasteiger partial charge in [0.2, 0.25) is 0 Å². The van der Waals surface area contributed by atoms with E-state index in [4.69, 9.17) is 5.84 Å². The molecule has 0 aliphatic heterocycles. The second-order valence-corrected chi connectivity index (χ2v) is 2.13. The van der Waals surface area contributed by atoms with Crippen molar-refractivity contribution in [2.75, 3.05) is 5.43 Å². The van der Waals surface area contributed by atoms with Crippen LogP contribution in [0.3, 0.4) is 0 Å². The highest BCUT2D eigenvalue weighted by atomic mass is 19.4. The van der Waals surface area contributed by atoms with Crippen LogP contribution in [0.25, 0.3) is 0 Å². The molecule has 0 bridgehead atoms. The van der Waals surface area contributed by atoms with Gasteiger partial charge in [0.1, 0.15) is 5.75 Å². The van der Waals surface area contributed by atoms with E-state index >= 15 is 0 Å². The molecule has 3 N–H and O–H groups in total. The lowest BCUT2D eigenvalue weighted by molar-refractivity contribution is -0.274. The first-order chi connectivity index (χ1) is 6.01. The van der Waals surface area contributed by atoms with Crippen molar-refractivity contribution in [3.8, 4) is 5.75 Å². The van der Waals surface area contributed by atoms with E-state index in [-0.39, 0.29) is 0 Å². The molecule has 0 amide bonds. The molecule has 0 aliphatic rings. The van der Waals surface area contributed by atoms with E-state index in [0.29, 0.717) is 5.69 Å². The van der Waals surface area contributed by atoms with E-state index in [2.05, 4.69) is 16.2 Å². The first-order valence-corrected chi connectivity index (χ1v) is 3.25. The number of hydrogen-bond acceptors (Lipinski definition) is 3. The predicted octanol–water partition coefficient (Wildman–Crippen LogP) is 1.67. The Bertz CT molecular complexity index is 287. The third-order valence-corrected chi connectivity index (χ3v) is 1.17. The molecule has 0 spiro atoms. The summed E-state index contributed by atoms with van der Waals surface area (Å²) in [6, 6.07) is 6.09. The van der Waals surface area contributed by atoms with Gasteiger partial charge in [-0.25, -0.2) is 0 Å². The van der Waals surface area contributed by atoms with Crippen molar-refractivity contribution < 1.29 is 17.9 Å². The molecule has 0 aromatic heterocycles. The third-order valence-electron chi connectivity index (χ3n) is 1.17. The molecule has 3 nitrogen and oxygen atoms in total. The van der Waals surface area contributed by atoms with Crippen molar-refractivity contribution in [3.05, 3.63) is 24.3 Å². The zero-order valence-electron chi connectivity index (χ0n) is 6.35. The fourth-order valence-electron chi connectivity index (χ4n) is 0.718. The summed E-state index contributed by atoms with van der Waals surface area (Å²) < 4.78 is 38.6. The molecule has 0 atom stereocenters. The fraction of sp³-hybridized carbons (Fsp3) is 0.143. The van der Waals surface area contributed by atoms with Gasteiger partial charge in [0.15, 0.2) is 0 Å². The number of nitrogens with two attached hydrogens (primary N) is 1. The maximum Gasteiger partial charge on any atom is 0.573 e. The van der Waals surface area contributed by atoms with Crippen molar-refractivity contribution in [2.24, 2.45) is 5.84 Å². The molecule has 1 radical (unpaired) electrons. The lowest BCUT2D eigenvalue weighted by atomic mass is 10.3. The summed E-state index contributed by atoms with van der Waals surface area (Å²) in [4.78, 5) is 0. The van der Waals surface area contributed by atoms with E-state index < -0.39 is 12.1 Å². The van der Waals surface area contributed by atoms with Crippen molar-refractivity contribution in [1.82, 2.24) is 0 Å². The van der Waals surface area contributed by atoms with Crippen LogP contribution in [0.1, 0.15) is 0 Å². The summed E-state index contributed by atoms with van der Waals surface area (Å²) in [6.45, 7) is 0. The number of alkyl halides is 3. The molecule has 1 aromatic rings. The minimum absolute atomic E-state index is 0.318. The molecule has 0 unspecified atom stereocenters. The van der Waals surface area contributed by atoms with Gasteiger partial charge in [0.05, 0.1) is 5.69 Å². The maximum absolute atomic E-state index is 11.7. The van der Waals surface area contributed by atoms with Gasteiger partial charge in [0, 0.05) is 12.1 Å². The zero-order valence-corrected chi connectivity index (χ0v) is 6.35. The summed E-state index contributed by atoms with van der Waals surface area (Å²) in [5.41, 5.74) is 2.50. The minimum Gasteiger partial charge on any atom is -0.405 e. The Balaban J connectivity index is 2.78. The zero-order chi connectivity index (χ0) is 9.90. The van der Waals surface area contributed by atoms with Crippen LogP contribution >= 0.6 is 0 Å². The van der Waals surface area contributed by atoms with Gasteiger partial charge in [-0.3, -0.25) is 5.84 Å². The summed E-state index contributed by atoms with van der Waals surface area (Å²) in [7, 11) is 0. The van der Waals surface area contributed by atoms with Gasteiger partial charge >= 0.3 is 6.36 Å². The van der Waals surface area contributed by atoms with Gasteiger partial charge in [0.25, 0.3) is 0 Å². The van der Waals surface area contributed by atoms with Crippen molar-refractivity contribution in [1.29, 1.82) is 0 Å². The topological polar surface area (TPSA) is 47.3 Å². The molecule has 0 heterocycles. The highest BCUT2D eigenvalue weighted by Gasteiger charge is 2.31. The van der Waals surface area contributed by atoms with Crippen molar-refractivity contribution >= 4 is 5.69 Å². The number of rotatable bonds is 2. The summed E-state index contributed by atoms with van der Waals surface area (Å²) >= 11 is 0. The van der Waals surface area contributed by atoms with Crippen LogP contribution in [0.2, 0.25) is 0 Å². The smallest absolute Gasteiger partial charge is 0.405 e. The van der Waals surface area contributed by atoms with E-state index in [1.54, 1.807) is 0 Å². The summed E-state index contributed by atoms with van der Waals surface area (Å²) in [5, 5.41) is 0. The van der Waals surface area contributed by atoms with E-state index in [9.17, 15) is 13.2 Å². The van der Waals surface area contributed by atoms with Gasteiger partial charge in [-0.15, -0.1) is 13.2 Å².